The topological polar surface area (TPSA) is 41.8 Å². The van der Waals surface area contributed by atoms with Gasteiger partial charge < -0.3 is 0 Å². The minimum Gasteiger partial charge on any atom is -0.289 e. The molecule has 0 N–H and O–H groups in total. The molecule has 1 aliphatic rings. The van der Waals surface area contributed by atoms with Gasteiger partial charge in [-0.2, -0.15) is 0 Å². The molecule has 1 aliphatic heterocycles. The quantitative estimate of drug-likeness (QED) is 0.735. The van der Waals surface area contributed by atoms with Crippen LogP contribution in [0.4, 0.5) is 0 Å². The number of ketones is 1. The van der Waals surface area contributed by atoms with Crippen LogP contribution in [0.1, 0.15) is 15.9 Å². The molecule has 17 heavy (non-hydrogen) atoms. The van der Waals surface area contributed by atoms with Gasteiger partial charge in [0.2, 0.25) is 5.78 Å². The van der Waals surface area contributed by atoms with Crippen molar-refractivity contribution in [1.82, 2.24) is 0 Å². The van der Waals surface area contributed by atoms with Gasteiger partial charge in [-0.3, -0.25) is 4.79 Å². The van der Waals surface area contributed by atoms with Crippen LogP contribution in [0, 0.1) is 0 Å². The number of Topliss-reactive ketones (excluding diaryl/α,β-unsaturated/α-hetero) is 1. The van der Waals surface area contributed by atoms with Crippen molar-refractivity contribution in [3.8, 4) is 0 Å². The Balaban J connectivity index is 1.98. The number of carbonyl (C=O) groups excluding carboxylic acids is 1. The Bertz CT molecular complexity index is 570. The van der Waals surface area contributed by atoms with Crippen molar-refractivity contribution < 1.29 is 4.79 Å². The van der Waals surface area contributed by atoms with Gasteiger partial charge in [-0.25, -0.2) is 0 Å². The Morgan fingerprint density at radius 2 is 1.35 bits per heavy atom. The predicted molar refractivity (Wildman–Crippen MR) is 63.7 cm³/mol. The van der Waals surface area contributed by atoms with Gasteiger partial charge in [0.25, 0.3) is 5.66 Å². The van der Waals surface area contributed by atoms with Crippen molar-refractivity contribution in [2.24, 2.45) is 10.2 Å². The number of hydrogen-bond donors (Lipinski definition) is 0. The first-order chi connectivity index (χ1) is 8.33. The largest absolute Gasteiger partial charge is 0.289 e. The van der Waals surface area contributed by atoms with E-state index in [-0.39, 0.29) is 5.78 Å². The Labute approximate surface area is 98.8 Å². The highest BCUT2D eigenvalue weighted by molar-refractivity contribution is 6.04. The van der Waals surface area contributed by atoms with Crippen molar-refractivity contribution >= 4 is 5.78 Å². The molecule has 0 amide bonds. The van der Waals surface area contributed by atoms with Crippen LogP contribution in [0.15, 0.2) is 70.9 Å². The number of rotatable bonds is 3. The fourth-order valence-corrected chi connectivity index (χ4v) is 1.85. The lowest BCUT2D eigenvalue weighted by molar-refractivity contribution is 0.0936. The summed E-state index contributed by atoms with van der Waals surface area (Å²) in [5, 5.41) is 7.91. The lowest BCUT2D eigenvalue weighted by Gasteiger charge is -2.09. The van der Waals surface area contributed by atoms with Crippen LogP contribution >= 0.6 is 0 Å². The van der Waals surface area contributed by atoms with Crippen LogP contribution in [0.3, 0.4) is 0 Å². The summed E-state index contributed by atoms with van der Waals surface area (Å²) < 4.78 is 0. The highest BCUT2D eigenvalue weighted by atomic mass is 16.1. The number of nitrogens with zero attached hydrogens (tertiary/aromatic N) is 2. The maximum atomic E-state index is 12.3. The van der Waals surface area contributed by atoms with Gasteiger partial charge in [0.05, 0.1) is 0 Å². The molecule has 0 bridgehead atoms. The fraction of sp³-hybridized carbons (Fsp3) is 0.0714. The molecule has 1 heterocycles. The zero-order chi connectivity index (χ0) is 11.7. The van der Waals surface area contributed by atoms with Gasteiger partial charge in [-0.1, -0.05) is 60.7 Å². The van der Waals surface area contributed by atoms with E-state index in [1.807, 2.05) is 48.5 Å². The minimum atomic E-state index is -0.984. The van der Waals surface area contributed by atoms with Crippen LogP contribution in [0.2, 0.25) is 0 Å². The molecule has 0 fully saturated rings. The molecule has 0 saturated carbocycles. The maximum Gasteiger partial charge on any atom is 0.277 e. The first kappa shape index (κ1) is 9.90. The van der Waals surface area contributed by atoms with E-state index >= 15 is 0 Å². The number of benzene rings is 2. The second-order valence-corrected chi connectivity index (χ2v) is 3.93. The van der Waals surface area contributed by atoms with E-state index in [0.29, 0.717) is 5.56 Å². The molecular formula is C14H10N2O. The second kappa shape index (κ2) is 3.63. The van der Waals surface area contributed by atoms with Crippen molar-refractivity contribution in [2.45, 2.75) is 5.66 Å². The molecule has 2 aromatic rings. The molecule has 0 radical (unpaired) electrons. The average Bonchev–Trinajstić information content (AvgIpc) is 3.21. The highest BCUT2D eigenvalue weighted by Crippen LogP contribution is 2.42. The van der Waals surface area contributed by atoms with Gasteiger partial charge in [-0.05, 0) is 0 Å². The number of hydrogen-bond acceptors (Lipinski definition) is 3. The normalized spacial score (nSPS) is 15.5. The number of carbonyl (C=O) groups is 1. The third kappa shape index (κ3) is 1.56. The monoisotopic (exact) mass is 222 g/mol. The standard InChI is InChI=1S/C14H10N2O/c17-13(11-7-3-1-4-8-11)14(15-16-14)12-9-5-2-6-10-12/h1-10H. The van der Waals surface area contributed by atoms with E-state index in [9.17, 15) is 4.79 Å². The second-order valence-electron chi connectivity index (χ2n) is 3.93. The third-order valence-electron chi connectivity index (χ3n) is 2.83. The van der Waals surface area contributed by atoms with E-state index in [0.717, 1.165) is 5.56 Å². The van der Waals surface area contributed by atoms with Gasteiger partial charge in [0.15, 0.2) is 0 Å². The van der Waals surface area contributed by atoms with Crippen molar-refractivity contribution in [1.29, 1.82) is 0 Å². The van der Waals surface area contributed by atoms with Crippen LogP contribution in [-0.4, -0.2) is 5.78 Å². The zero-order valence-electron chi connectivity index (χ0n) is 9.08. The van der Waals surface area contributed by atoms with Crippen molar-refractivity contribution in [3.05, 3.63) is 71.8 Å². The summed E-state index contributed by atoms with van der Waals surface area (Å²) in [6.45, 7) is 0. The van der Waals surface area contributed by atoms with Gasteiger partial charge in [0, 0.05) is 11.1 Å². The molecule has 2 aromatic carbocycles. The lowest BCUT2D eigenvalue weighted by Crippen LogP contribution is -2.22. The van der Waals surface area contributed by atoms with E-state index in [2.05, 4.69) is 10.2 Å². The smallest absolute Gasteiger partial charge is 0.277 e. The lowest BCUT2D eigenvalue weighted by atomic mass is 9.94. The molecule has 0 aliphatic carbocycles. The van der Waals surface area contributed by atoms with Crippen molar-refractivity contribution in [3.63, 3.8) is 0 Å². The minimum absolute atomic E-state index is 0.0655. The molecule has 0 atom stereocenters. The summed E-state index contributed by atoms with van der Waals surface area (Å²) in [6.07, 6.45) is 0. The van der Waals surface area contributed by atoms with Crippen LogP contribution in [0.25, 0.3) is 0 Å². The molecule has 0 saturated heterocycles. The summed E-state index contributed by atoms with van der Waals surface area (Å²) in [7, 11) is 0. The Kier molecular flexibility index (Phi) is 2.11. The molecule has 3 rings (SSSR count). The van der Waals surface area contributed by atoms with Crippen LogP contribution in [-0.2, 0) is 5.66 Å². The van der Waals surface area contributed by atoms with Crippen molar-refractivity contribution in [2.75, 3.05) is 0 Å². The molecule has 3 heteroatoms. The van der Waals surface area contributed by atoms with E-state index in [1.54, 1.807) is 12.1 Å². The Morgan fingerprint density at radius 1 is 0.824 bits per heavy atom. The van der Waals surface area contributed by atoms with Gasteiger partial charge in [0.1, 0.15) is 0 Å². The highest BCUT2D eigenvalue weighted by Gasteiger charge is 2.50. The summed E-state index contributed by atoms with van der Waals surface area (Å²) in [5.41, 5.74) is 0.484. The van der Waals surface area contributed by atoms with Crippen LogP contribution in [0.5, 0.6) is 0 Å². The molecule has 3 nitrogen and oxygen atoms in total. The molecule has 0 spiro atoms. The first-order valence-corrected chi connectivity index (χ1v) is 5.42. The Morgan fingerprint density at radius 3 is 1.88 bits per heavy atom. The fourth-order valence-electron chi connectivity index (χ4n) is 1.85. The van der Waals surface area contributed by atoms with Gasteiger partial charge >= 0.3 is 0 Å². The maximum absolute atomic E-state index is 12.3. The molecular weight excluding hydrogens is 212 g/mol. The van der Waals surface area contributed by atoms with E-state index < -0.39 is 5.66 Å². The first-order valence-electron chi connectivity index (χ1n) is 5.42. The summed E-state index contributed by atoms with van der Waals surface area (Å²) in [4.78, 5) is 12.3. The van der Waals surface area contributed by atoms with Crippen LogP contribution < -0.4 is 0 Å². The predicted octanol–water partition coefficient (Wildman–Crippen LogP) is 3.19. The third-order valence-corrected chi connectivity index (χ3v) is 2.83. The molecule has 82 valence electrons. The zero-order valence-corrected chi connectivity index (χ0v) is 9.08. The molecule has 0 aromatic heterocycles. The Hall–Kier alpha value is -2.29. The summed E-state index contributed by atoms with van der Waals surface area (Å²) in [5.74, 6) is -0.0655. The molecule has 0 unspecified atom stereocenters. The summed E-state index contributed by atoms with van der Waals surface area (Å²) in [6, 6.07) is 18.6. The average molecular weight is 222 g/mol. The van der Waals surface area contributed by atoms with E-state index in [4.69, 9.17) is 0 Å². The summed E-state index contributed by atoms with van der Waals surface area (Å²) >= 11 is 0. The SMILES string of the molecule is O=C(c1ccccc1)C1(c2ccccc2)N=N1. The van der Waals surface area contributed by atoms with Gasteiger partial charge in [-0.15, -0.1) is 10.2 Å². The van der Waals surface area contributed by atoms with E-state index in [1.165, 1.54) is 0 Å².